The largest absolute Gasteiger partial charge is 0.317 e. The molecule has 0 aromatic heterocycles. The molecule has 1 saturated carbocycles. The van der Waals surface area contributed by atoms with Gasteiger partial charge >= 0.3 is 0 Å². The van der Waals surface area contributed by atoms with Gasteiger partial charge < -0.3 is 5.32 Å². The van der Waals surface area contributed by atoms with Crippen molar-refractivity contribution in [3.8, 4) is 0 Å². The lowest BCUT2D eigenvalue weighted by Crippen LogP contribution is -2.47. The molecule has 1 aliphatic heterocycles. The van der Waals surface area contributed by atoms with E-state index in [-0.39, 0.29) is 0 Å². The highest BCUT2D eigenvalue weighted by atomic mass is 32.2. The molecule has 0 spiro atoms. The summed E-state index contributed by atoms with van der Waals surface area (Å²) >= 11 is 0. The Labute approximate surface area is 123 Å². The molecule has 0 aromatic rings. The van der Waals surface area contributed by atoms with E-state index in [9.17, 15) is 8.42 Å². The molecule has 1 saturated heterocycles. The van der Waals surface area contributed by atoms with Crippen LogP contribution in [0.2, 0.25) is 0 Å². The Morgan fingerprint density at radius 3 is 2.40 bits per heavy atom. The van der Waals surface area contributed by atoms with E-state index in [1.807, 2.05) is 0 Å². The maximum Gasteiger partial charge on any atom is 0.279 e. The smallest absolute Gasteiger partial charge is 0.279 e. The van der Waals surface area contributed by atoms with E-state index in [0.29, 0.717) is 31.5 Å². The zero-order valence-electron chi connectivity index (χ0n) is 12.8. The summed E-state index contributed by atoms with van der Waals surface area (Å²) in [7, 11) is -3.27. The fourth-order valence-corrected chi connectivity index (χ4v) is 4.21. The van der Waals surface area contributed by atoms with Gasteiger partial charge in [0, 0.05) is 19.6 Å². The molecule has 2 rings (SSSR count). The molecular weight excluding hydrogens is 274 g/mol. The van der Waals surface area contributed by atoms with Crippen LogP contribution in [0.3, 0.4) is 0 Å². The molecule has 1 aliphatic carbocycles. The molecule has 0 aromatic carbocycles. The monoisotopic (exact) mass is 303 g/mol. The third-order valence-electron chi connectivity index (χ3n) is 4.61. The van der Waals surface area contributed by atoms with Crippen molar-refractivity contribution in [2.45, 2.75) is 39.5 Å². The molecule has 1 atom stereocenters. The van der Waals surface area contributed by atoms with Crippen LogP contribution >= 0.6 is 0 Å². The minimum atomic E-state index is -3.27. The fourth-order valence-electron chi connectivity index (χ4n) is 2.86. The first kappa shape index (κ1) is 16.2. The van der Waals surface area contributed by atoms with Crippen molar-refractivity contribution in [1.29, 1.82) is 0 Å². The summed E-state index contributed by atoms with van der Waals surface area (Å²) in [5, 5.41) is 3.35. The van der Waals surface area contributed by atoms with Crippen LogP contribution in [-0.4, -0.2) is 45.4 Å². The third-order valence-corrected chi connectivity index (χ3v) is 6.19. The van der Waals surface area contributed by atoms with Crippen LogP contribution in [0.1, 0.15) is 39.5 Å². The number of rotatable bonds is 8. The van der Waals surface area contributed by atoms with Gasteiger partial charge in [0.25, 0.3) is 10.2 Å². The summed E-state index contributed by atoms with van der Waals surface area (Å²) in [6.45, 7) is 8.14. The van der Waals surface area contributed by atoms with Gasteiger partial charge in [0.2, 0.25) is 0 Å². The molecule has 1 heterocycles. The Morgan fingerprint density at radius 1 is 1.20 bits per heavy atom. The van der Waals surface area contributed by atoms with E-state index in [2.05, 4.69) is 23.9 Å². The van der Waals surface area contributed by atoms with Crippen molar-refractivity contribution < 1.29 is 8.42 Å². The minimum absolute atomic E-state index is 0.469. The Hall–Kier alpha value is -0.170. The van der Waals surface area contributed by atoms with E-state index in [4.69, 9.17) is 0 Å². The van der Waals surface area contributed by atoms with Crippen molar-refractivity contribution in [2.24, 2.45) is 17.8 Å². The van der Waals surface area contributed by atoms with Crippen LogP contribution in [0.15, 0.2) is 0 Å². The average Bonchev–Trinajstić information content (AvgIpc) is 3.27. The number of hydrogen-bond acceptors (Lipinski definition) is 3. The van der Waals surface area contributed by atoms with Crippen molar-refractivity contribution >= 4 is 10.2 Å². The Morgan fingerprint density at radius 2 is 1.85 bits per heavy atom. The molecule has 0 radical (unpaired) electrons. The number of hydrogen-bond donors (Lipinski definition) is 2. The number of nitrogens with one attached hydrogen (secondary N) is 2. The van der Waals surface area contributed by atoms with Crippen molar-refractivity contribution in [3.63, 3.8) is 0 Å². The van der Waals surface area contributed by atoms with Gasteiger partial charge in [-0.3, -0.25) is 0 Å². The van der Waals surface area contributed by atoms with E-state index in [0.717, 1.165) is 31.8 Å². The predicted molar refractivity (Wildman–Crippen MR) is 81.7 cm³/mol. The molecule has 20 heavy (non-hydrogen) atoms. The zero-order valence-corrected chi connectivity index (χ0v) is 13.6. The molecule has 0 bridgehead atoms. The van der Waals surface area contributed by atoms with Gasteiger partial charge in [-0.2, -0.15) is 12.7 Å². The lowest BCUT2D eigenvalue weighted by molar-refractivity contribution is 0.265. The first-order valence-corrected chi connectivity index (χ1v) is 9.42. The normalized spacial score (nSPS) is 23.9. The van der Waals surface area contributed by atoms with Gasteiger partial charge in [0.1, 0.15) is 0 Å². The van der Waals surface area contributed by atoms with Crippen molar-refractivity contribution in [3.05, 3.63) is 0 Å². The molecule has 2 fully saturated rings. The van der Waals surface area contributed by atoms with Crippen molar-refractivity contribution in [2.75, 3.05) is 32.7 Å². The molecule has 2 aliphatic rings. The first-order valence-electron chi connectivity index (χ1n) is 7.98. The molecular formula is C14H29N3O2S. The lowest BCUT2D eigenvalue weighted by atomic mass is 9.98. The summed E-state index contributed by atoms with van der Waals surface area (Å²) < 4.78 is 28.9. The van der Waals surface area contributed by atoms with Crippen LogP contribution in [0, 0.1) is 17.8 Å². The topological polar surface area (TPSA) is 61.4 Å². The summed E-state index contributed by atoms with van der Waals surface area (Å²) in [6, 6.07) is 0. The second kappa shape index (κ2) is 7.20. The van der Waals surface area contributed by atoms with Crippen LogP contribution in [-0.2, 0) is 10.2 Å². The molecule has 118 valence electrons. The third kappa shape index (κ3) is 4.69. The maximum atomic E-state index is 12.3. The molecule has 1 unspecified atom stereocenters. The minimum Gasteiger partial charge on any atom is -0.317 e. The summed E-state index contributed by atoms with van der Waals surface area (Å²) in [6.07, 6.45) is 4.45. The van der Waals surface area contributed by atoms with Crippen LogP contribution < -0.4 is 10.0 Å². The quantitative estimate of drug-likeness (QED) is 0.708. The molecule has 5 nitrogen and oxygen atoms in total. The number of nitrogens with zero attached hydrogens (tertiary/aromatic N) is 1. The second-order valence-corrected chi connectivity index (χ2v) is 8.07. The second-order valence-electron chi connectivity index (χ2n) is 6.32. The standard InChI is InChI=1S/C14H29N3O2S/c1-3-15-11-13-6-8-17(9-7-13)20(18,19)16-10-12(2)14-4-5-14/h12-16H,3-11H2,1-2H3. The van der Waals surface area contributed by atoms with Gasteiger partial charge in [0.05, 0.1) is 0 Å². The average molecular weight is 303 g/mol. The van der Waals surface area contributed by atoms with Gasteiger partial charge in [-0.05, 0) is 56.5 Å². The Bertz CT molecular complexity index is 387. The van der Waals surface area contributed by atoms with E-state index in [1.165, 1.54) is 12.8 Å². The van der Waals surface area contributed by atoms with Gasteiger partial charge in [-0.15, -0.1) is 0 Å². The number of piperidine rings is 1. The van der Waals surface area contributed by atoms with E-state index < -0.39 is 10.2 Å². The predicted octanol–water partition coefficient (Wildman–Crippen LogP) is 1.19. The maximum absolute atomic E-state index is 12.3. The van der Waals surface area contributed by atoms with Crippen molar-refractivity contribution in [1.82, 2.24) is 14.3 Å². The lowest BCUT2D eigenvalue weighted by Gasteiger charge is -2.31. The van der Waals surface area contributed by atoms with E-state index >= 15 is 0 Å². The Kier molecular flexibility index (Phi) is 5.84. The molecule has 6 heteroatoms. The van der Waals surface area contributed by atoms with E-state index in [1.54, 1.807) is 4.31 Å². The SMILES string of the molecule is CCNCC1CCN(S(=O)(=O)NCC(C)C2CC2)CC1. The molecule has 2 N–H and O–H groups in total. The van der Waals surface area contributed by atoms with Gasteiger partial charge in [-0.1, -0.05) is 13.8 Å². The van der Waals surface area contributed by atoms with Gasteiger partial charge in [-0.25, -0.2) is 4.72 Å². The highest BCUT2D eigenvalue weighted by Crippen LogP contribution is 2.36. The summed E-state index contributed by atoms with van der Waals surface area (Å²) in [5.41, 5.74) is 0. The Balaban J connectivity index is 1.73. The van der Waals surface area contributed by atoms with Crippen LogP contribution in [0.25, 0.3) is 0 Å². The summed E-state index contributed by atoms with van der Waals surface area (Å²) in [4.78, 5) is 0. The zero-order chi connectivity index (χ0) is 14.6. The first-order chi connectivity index (χ1) is 9.53. The fraction of sp³-hybridized carbons (Fsp3) is 1.00. The van der Waals surface area contributed by atoms with Crippen LogP contribution in [0.4, 0.5) is 0 Å². The van der Waals surface area contributed by atoms with Crippen LogP contribution in [0.5, 0.6) is 0 Å². The summed E-state index contributed by atoms with van der Waals surface area (Å²) in [5.74, 6) is 1.83. The van der Waals surface area contributed by atoms with Gasteiger partial charge in [0.15, 0.2) is 0 Å². The molecule has 0 amide bonds. The highest BCUT2D eigenvalue weighted by Gasteiger charge is 2.31. The highest BCUT2D eigenvalue weighted by molar-refractivity contribution is 7.87.